The Kier molecular flexibility index (Phi) is 6.18. The molecule has 1 aromatic heterocycles. The van der Waals surface area contributed by atoms with Gasteiger partial charge in [0.25, 0.3) is 0 Å². The van der Waals surface area contributed by atoms with Gasteiger partial charge in [-0.1, -0.05) is 35.5 Å². The fraction of sp³-hybridized carbons (Fsp3) is 0.440. The van der Waals surface area contributed by atoms with Crippen molar-refractivity contribution in [2.75, 3.05) is 37.6 Å². The Morgan fingerprint density at radius 1 is 0.900 bits per heavy atom. The van der Waals surface area contributed by atoms with Crippen molar-refractivity contribution in [2.24, 2.45) is 0 Å². The number of benzene rings is 2. The molecule has 0 N–H and O–H groups in total. The summed E-state index contributed by atoms with van der Waals surface area (Å²) >= 11 is 0. The average molecular weight is 404 g/mol. The van der Waals surface area contributed by atoms with E-state index in [-0.39, 0.29) is 0 Å². The summed E-state index contributed by atoms with van der Waals surface area (Å²) in [6, 6.07) is 15.5. The van der Waals surface area contributed by atoms with Crippen molar-refractivity contribution in [3.8, 4) is 11.3 Å². The number of piperazine rings is 1. The summed E-state index contributed by atoms with van der Waals surface area (Å²) in [7, 11) is 0. The molecule has 158 valence electrons. The molecular formula is C25H33N5. The van der Waals surface area contributed by atoms with Crippen LogP contribution in [0.15, 0.2) is 48.7 Å². The van der Waals surface area contributed by atoms with Gasteiger partial charge in [0.1, 0.15) is 5.69 Å². The maximum atomic E-state index is 4.41. The van der Waals surface area contributed by atoms with Gasteiger partial charge in [0.2, 0.25) is 0 Å². The topological polar surface area (TPSA) is 37.2 Å². The van der Waals surface area contributed by atoms with E-state index in [0.717, 1.165) is 44.8 Å². The number of anilines is 1. The van der Waals surface area contributed by atoms with Gasteiger partial charge in [-0.05, 0) is 62.9 Å². The molecule has 1 unspecified atom stereocenters. The van der Waals surface area contributed by atoms with Crippen molar-refractivity contribution >= 4 is 5.69 Å². The van der Waals surface area contributed by atoms with Crippen molar-refractivity contribution in [1.29, 1.82) is 0 Å². The lowest BCUT2D eigenvalue weighted by molar-refractivity contribution is 0.237. The SMILES string of the molecule is Cc1ccc(N2CCN(CCC(C)n3cc(-c4ccccc4C)nn3)CC2)cc1C. The fourth-order valence-corrected chi connectivity index (χ4v) is 4.13. The maximum absolute atomic E-state index is 4.41. The van der Waals surface area contributed by atoms with Crippen molar-refractivity contribution < 1.29 is 0 Å². The average Bonchev–Trinajstić information content (AvgIpc) is 3.25. The van der Waals surface area contributed by atoms with Crippen LogP contribution in [0, 0.1) is 20.8 Å². The minimum Gasteiger partial charge on any atom is -0.369 e. The molecule has 0 amide bonds. The van der Waals surface area contributed by atoms with Crippen LogP contribution in [0.5, 0.6) is 0 Å². The van der Waals surface area contributed by atoms with Crippen LogP contribution >= 0.6 is 0 Å². The molecule has 0 spiro atoms. The molecule has 5 nitrogen and oxygen atoms in total. The number of hydrogen-bond acceptors (Lipinski definition) is 4. The summed E-state index contributed by atoms with van der Waals surface area (Å²) in [5, 5.41) is 8.82. The number of hydrogen-bond donors (Lipinski definition) is 0. The Morgan fingerprint density at radius 2 is 1.67 bits per heavy atom. The minimum absolute atomic E-state index is 0.341. The first-order valence-electron chi connectivity index (χ1n) is 11.0. The van der Waals surface area contributed by atoms with Gasteiger partial charge < -0.3 is 4.90 Å². The third-order valence-electron chi connectivity index (χ3n) is 6.47. The molecule has 4 rings (SSSR count). The summed E-state index contributed by atoms with van der Waals surface area (Å²) in [5.74, 6) is 0. The van der Waals surface area contributed by atoms with E-state index in [1.165, 1.54) is 27.9 Å². The van der Waals surface area contributed by atoms with E-state index in [1.807, 2.05) is 4.68 Å². The molecule has 30 heavy (non-hydrogen) atoms. The lowest BCUT2D eigenvalue weighted by atomic mass is 10.1. The van der Waals surface area contributed by atoms with E-state index >= 15 is 0 Å². The summed E-state index contributed by atoms with van der Waals surface area (Å²) < 4.78 is 2.02. The van der Waals surface area contributed by atoms with Crippen LogP contribution in [0.3, 0.4) is 0 Å². The highest BCUT2D eigenvalue weighted by Gasteiger charge is 2.19. The lowest BCUT2D eigenvalue weighted by Gasteiger charge is -2.36. The molecule has 1 saturated heterocycles. The summed E-state index contributed by atoms with van der Waals surface area (Å²) in [4.78, 5) is 5.09. The third kappa shape index (κ3) is 4.57. The van der Waals surface area contributed by atoms with E-state index in [2.05, 4.69) is 96.5 Å². The number of nitrogens with zero attached hydrogens (tertiary/aromatic N) is 5. The Labute approximate surface area is 180 Å². The van der Waals surface area contributed by atoms with Crippen LogP contribution in [0.2, 0.25) is 0 Å². The molecule has 1 fully saturated rings. The molecule has 2 heterocycles. The number of aromatic nitrogens is 3. The van der Waals surface area contributed by atoms with Crippen LogP contribution in [0.25, 0.3) is 11.3 Å². The van der Waals surface area contributed by atoms with Gasteiger partial charge in [0, 0.05) is 44.0 Å². The summed E-state index contributed by atoms with van der Waals surface area (Å²) in [5.41, 5.74) is 7.46. The molecule has 0 radical (unpaired) electrons. The van der Waals surface area contributed by atoms with Gasteiger partial charge in [0.05, 0.1) is 12.2 Å². The number of aryl methyl sites for hydroxylation is 3. The van der Waals surface area contributed by atoms with E-state index in [4.69, 9.17) is 0 Å². The van der Waals surface area contributed by atoms with Crippen LogP contribution in [0.1, 0.15) is 36.1 Å². The van der Waals surface area contributed by atoms with Gasteiger partial charge in [0.15, 0.2) is 0 Å². The molecule has 0 aliphatic carbocycles. The molecule has 1 aliphatic heterocycles. The lowest BCUT2D eigenvalue weighted by Crippen LogP contribution is -2.46. The van der Waals surface area contributed by atoms with Gasteiger partial charge in [-0.2, -0.15) is 0 Å². The minimum atomic E-state index is 0.341. The zero-order chi connectivity index (χ0) is 21.1. The highest BCUT2D eigenvalue weighted by Crippen LogP contribution is 2.23. The van der Waals surface area contributed by atoms with Crippen molar-refractivity contribution in [3.05, 3.63) is 65.4 Å². The van der Waals surface area contributed by atoms with Crippen molar-refractivity contribution in [2.45, 2.75) is 40.2 Å². The van der Waals surface area contributed by atoms with E-state index in [0.29, 0.717) is 6.04 Å². The second-order valence-electron chi connectivity index (χ2n) is 8.63. The van der Waals surface area contributed by atoms with Crippen LogP contribution in [-0.2, 0) is 0 Å². The second kappa shape index (κ2) is 9.00. The molecular weight excluding hydrogens is 370 g/mol. The highest BCUT2D eigenvalue weighted by molar-refractivity contribution is 5.62. The van der Waals surface area contributed by atoms with Crippen LogP contribution in [-0.4, -0.2) is 52.6 Å². The summed E-state index contributed by atoms with van der Waals surface area (Å²) in [6.07, 6.45) is 3.17. The third-order valence-corrected chi connectivity index (χ3v) is 6.47. The molecule has 5 heteroatoms. The van der Waals surface area contributed by atoms with Gasteiger partial charge in [-0.25, -0.2) is 4.68 Å². The largest absolute Gasteiger partial charge is 0.369 e. The van der Waals surface area contributed by atoms with E-state index < -0.39 is 0 Å². The molecule has 2 aromatic carbocycles. The highest BCUT2D eigenvalue weighted by atomic mass is 15.4. The molecule has 0 saturated carbocycles. The van der Waals surface area contributed by atoms with Gasteiger partial charge in [-0.3, -0.25) is 4.90 Å². The van der Waals surface area contributed by atoms with E-state index in [9.17, 15) is 0 Å². The first kappa shape index (κ1) is 20.6. The Hall–Kier alpha value is -2.66. The first-order valence-corrected chi connectivity index (χ1v) is 11.0. The Morgan fingerprint density at radius 3 is 2.40 bits per heavy atom. The summed E-state index contributed by atoms with van der Waals surface area (Å²) in [6.45, 7) is 14.3. The maximum Gasteiger partial charge on any atom is 0.113 e. The van der Waals surface area contributed by atoms with Gasteiger partial charge in [-0.15, -0.1) is 5.10 Å². The van der Waals surface area contributed by atoms with Crippen molar-refractivity contribution in [1.82, 2.24) is 19.9 Å². The molecule has 1 atom stereocenters. The standard InChI is InChI=1S/C25H33N5/c1-19-9-10-23(17-21(19)3)29-15-13-28(14-16-29)12-11-22(4)30-18-25(26-27-30)24-8-6-5-7-20(24)2/h5-10,17-18,22H,11-16H2,1-4H3. The molecule has 1 aliphatic rings. The Bertz CT molecular complexity index is 985. The van der Waals surface area contributed by atoms with Crippen LogP contribution < -0.4 is 4.90 Å². The fourth-order valence-electron chi connectivity index (χ4n) is 4.13. The number of rotatable bonds is 6. The normalized spacial score (nSPS) is 16.1. The molecule has 3 aromatic rings. The quantitative estimate of drug-likeness (QED) is 0.601. The monoisotopic (exact) mass is 403 g/mol. The second-order valence-corrected chi connectivity index (χ2v) is 8.63. The van der Waals surface area contributed by atoms with Gasteiger partial charge >= 0.3 is 0 Å². The zero-order valence-corrected chi connectivity index (χ0v) is 18.7. The Balaban J connectivity index is 1.28. The van der Waals surface area contributed by atoms with E-state index in [1.54, 1.807) is 0 Å². The first-order chi connectivity index (χ1) is 14.5. The van der Waals surface area contributed by atoms with Crippen molar-refractivity contribution in [3.63, 3.8) is 0 Å². The predicted octanol–water partition coefficient (Wildman–Crippen LogP) is 4.64. The predicted molar refractivity (Wildman–Crippen MR) is 124 cm³/mol. The van der Waals surface area contributed by atoms with Crippen LogP contribution in [0.4, 0.5) is 5.69 Å². The molecule has 0 bridgehead atoms. The smallest absolute Gasteiger partial charge is 0.113 e. The zero-order valence-electron chi connectivity index (χ0n) is 18.7.